The highest BCUT2D eigenvalue weighted by atomic mass is 16.5. The van der Waals surface area contributed by atoms with Crippen LogP contribution in [0, 0.1) is 11.3 Å². The lowest BCUT2D eigenvalue weighted by Gasteiger charge is -2.17. The van der Waals surface area contributed by atoms with Crippen molar-refractivity contribution in [3.63, 3.8) is 0 Å². The summed E-state index contributed by atoms with van der Waals surface area (Å²) in [6, 6.07) is 15.8. The number of nitrogens with zero attached hydrogens (tertiary/aromatic N) is 2. The van der Waals surface area contributed by atoms with Gasteiger partial charge in [0.05, 0.1) is 29.8 Å². The number of hydrogen-bond acceptors (Lipinski definition) is 5. The van der Waals surface area contributed by atoms with Crippen molar-refractivity contribution in [1.29, 1.82) is 5.26 Å². The molecule has 0 fully saturated rings. The Morgan fingerprint density at radius 1 is 1.12 bits per heavy atom. The Bertz CT molecular complexity index is 970. The van der Waals surface area contributed by atoms with Crippen LogP contribution in [0.4, 0.5) is 0 Å². The van der Waals surface area contributed by atoms with Crippen LogP contribution in [-0.2, 0) is 9.53 Å². The van der Waals surface area contributed by atoms with Crippen LogP contribution in [0.5, 0.6) is 0 Å². The molecular weight excluding hydrogens is 330 g/mol. The zero-order valence-corrected chi connectivity index (χ0v) is 14.2. The van der Waals surface area contributed by atoms with Crippen molar-refractivity contribution in [3.8, 4) is 6.07 Å². The lowest BCUT2D eigenvalue weighted by molar-refractivity contribution is -0.143. The fourth-order valence-corrected chi connectivity index (χ4v) is 2.92. The molecule has 0 saturated carbocycles. The molecule has 0 aliphatic heterocycles. The highest BCUT2D eigenvalue weighted by molar-refractivity contribution is 6.16. The smallest absolute Gasteiger partial charge is 0.328 e. The number of ether oxygens (including phenoxy) is 1. The molecule has 6 nitrogen and oxygen atoms in total. The largest absolute Gasteiger partial charge is 0.467 e. The second-order valence-corrected chi connectivity index (χ2v) is 5.77. The van der Waals surface area contributed by atoms with E-state index in [1.54, 1.807) is 0 Å². The van der Waals surface area contributed by atoms with E-state index < -0.39 is 17.9 Å². The summed E-state index contributed by atoms with van der Waals surface area (Å²) < 4.78 is 4.75. The number of fused-ring (bicyclic) bond motifs is 2. The zero-order chi connectivity index (χ0) is 18.5. The molecule has 0 bridgehead atoms. The molecule has 130 valence electrons. The second-order valence-electron chi connectivity index (χ2n) is 5.77. The summed E-state index contributed by atoms with van der Waals surface area (Å²) >= 11 is 0. The average molecular weight is 347 g/mol. The highest BCUT2D eigenvalue weighted by Gasteiger charge is 2.24. The van der Waals surface area contributed by atoms with Crippen LogP contribution in [0.1, 0.15) is 23.2 Å². The highest BCUT2D eigenvalue weighted by Crippen LogP contribution is 2.26. The van der Waals surface area contributed by atoms with Gasteiger partial charge in [-0.3, -0.25) is 4.79 Å². The van der Waals surface area contributed by atoms with Crippen molar-refractivity contribution in [2.75, 3.05) is 7.11 Å². The van der Waals surface area contributed by atoms with Crippen molar-refractivity contribution >= 4 is 33.7 Å². The lowest BCUT2D eigenvalue weighted by atomic mass is 10.0. The molecule has 0 aliphatic rings. The average Bonchev–Trinajstić information content (AvgIpc) is 2.68. The van der Waals surface area contributed by atoms with Crippen LogP contribution < -0.4 is 5.32 Å². The third kappa shape index (κ3) is 3.33. The maximum atomic E-state index is 13.0. The van der Waals surface area contributed by atoms with Gasteiger partial charge in [0.2, 0.25) is 0 Å². The number of nitriles is 1. The standard InChI is InChI=1S/C20H17N3O3/c1-26-20(25)17(11-6-12-21)23-19(24)18-13-7-2-4-9-15(13)22-16-10-5-3-8-14(16)18/h2-5,7-10,17H,6,11H2,1H3,(H,23,24)/t17-/m1/s1. The van der Waals surface area contributed by atoms with Gasteiger partial charge in [0.25, 0.3) is 5.91 Å². The number of methoxy groups -OCH3 is 1. The van der Waals surface area contributed by atoms with Gasteiger partial charge in [-0.2, -0.15) is 5.26 Å². The van der Waals surface area contributed by atoms with E-state index in [-0.39, 0.29) is 12.8 Å². The maximum Gasteiger partial charge on any atom is 0.328 e. The summed E-state index contributed by atoms with van der Waals surface area (Å²) in [7, 11) is 1.26. The van der Waals surface area contributed by atoms with Crippen LogP contribution in [0.3, 0.4) is 0 Å². The summed E-state index contributed by atoms with van der Waals surface area (Å²) in [5.74, 6) is -0.968. The van der Waals surface area contributed by atoms with Crippen LogP contribution in [0.2, 0.25) is 0 Å². The minimum Gasteiger partial charge on any atom is -0.467 e. The fourth-order valence-electron chi connectivity index (χ4n) is 2.92. The number of esters is 1. The van der Waals surface area contributed by atoms with E-state index in [9.17, 15) is 9.59 Å². The monoisotopic (exact) mass is 347 g/mol. The van der Waals surface area contributed by atoms with Crippen molar-refractivity contribution in [3.05, 3.63) is 54.1 Å². The van der Waals surface area contributed by atoms with Crippen LogP contribution >= 0.6 is 0 Å². The van der Waals surface area contributed by atoms with E-state index >= 15 is 0 Å². The summed E-state index contributed by atoms with van der Waals surface area (Å²) in [4.78, 5) is 29.6. The van der Waals surface area contributed by atoms with Crippen LogP contribution in [0.15, 0.2) is 48.5 Å². The van der Waals surface area contributed by atoms with Gasteiger partial charge in [-0.1, -0.05) is 36.4 Å². The number of hydrogen-bond donors (Lipinski definition) is 1. The van der Waals surface area contributed by atoms with E-state index in [4.69, 9.17) is 10.00 Å². The Balaban J connectivity index is 2.08. The number of carbonyl (C=O) groups is 2. The van der Waals surface area contributed by atoms with E-state index in [0.717, 1.165) is 0 Å². The lowest BCUT2D eigenvalue weighted by Crippen LogP contribution is -2.41. The molecule has 1 atom stereocenters. The van der Waals surface area contributed by atoms with Gasteiger partial charge in [-0.05, 0) is 18.6 Å². The first-order valence-corrected chi connectivity index (χ1v) is 8.19. The number of carbonyl (C=O) groups excluding carboxylic acids is 2. The Kier molecular flexibility index (Phi) is 5.09. The van der Waals surface area contributed by atoms with Crippen LogP contribution in [0.25, 0.3) is 21.8 Å². The molecule has 0 saturated heterocycles. The molecule has 0 unspecified atom stereocenters. The number of benzene rings is 2. The third-order valence-corrected chi connectivity index (χ3v) is 4.15. The molecule has 3 aromatic rings. The SMILES string of the molecule is COC(=O)[C@@H](CCC#N)NC(=O)c1c2ccccc2nc2ccccc12. The zero-order valence-electron chi connectivity index (χ0n) is 14.2. The normalized spacial score (nSPS) is 11.7. The van der Waals surface area contributed by atoms with Gasteiger partial charge in [0.1, 0.15) is 6.04 Å². The predicted molar refractivity (Wildman–Crippen MR) is 97.4 cm³/mol. The van der Waals surface area contributed by atoms with E-state index in [2.05, 4.69) is 10.3 Å². The molecule has 0 spiro atoms. The van der Waals surface area contributed by atoms with E-state index in [1.807, 2.05) is 54.6 Å². The molecule has 0 aliphatic carbocycles. The molecule has 1 N–H and O–H groups in total. The number of rotatable bonds is 5. The van der Waals surface area contributed by atoms with Gasteiger partial charge in [0, 0.05) is 17.2 Å². The van der Waals surface area contributed by atoms with Gasteiger partial charge in [-0.25, -0.2) is 9.78 Å². The molecule has 2 aromatic carbocycles. The number of pyridine rings is 1. The summed E-state index contributed by atoms with van der Waals surface area (Å²) in [6.45, 7) is 0. The van der Waals surface area contributed by atoms with Gasteiger partial charge < -0.3 is 10.1 Å². The Hall–Kier alpha value is -3.46. The Morgan fingerprint density at radius 2 is 1.69 bits per heavy atom. The Morgan fingerprint density at radius 3 is 2.23 bits per heavy atom. The summed E-state index contributed by atoms with van der Waals surface area (Å²) in [5.41, 5.74) is 1.85. The first kappa shape index (κ1) is 17.4. The fraction of sp³-hybridized carbons (Fsp3) is 0.200. The molecular formula is C20H17N3O3. The Labute approximate surface area is 150 Å². The quantitative estimate of drug-likeness (QED) is 0.566. The molecule has 26 heavy (non-hydrogen) atoms. The number of amides is 1. The minimum atomic E-state index is -0.877. The maximum absolute atomic E-state index is 13.0. The topological polar surface area (TPSA) is 92.1 Å². The van der Waals surface area contributed by atoms with Crippen molar-refractivity contribution in [2.45, 2.75) is 18.9 Å². The molecule has 1 heterocycles. The van der Waals surface area contributed by atoms with Crippen molar-refractivity contribution in [1.82, 2.24) is 10.3 Å². The first-order chi connectivity index (χ1) is 12.7. The minimum absolute atomic E-state index is 0.137. The molecule has 1 aromatic heterocycles. The second kappa shape index (κ2) is 7.62. The predicted octanol–water partition coefficient (Wildman–Crippen LogP) is 2.96. The van der Waals surface area contributed by atoms with Crippen molar-refractivity contribution < 1.29 is 14.3 Å². The molecule has 6 heteroatoms. The van der Waals surface area contributed by atoms with Gasteiger partial charge in [0.15, 0.2) is 0 Å². The molecule has 1 amide bonds. The van der Waals surface area contributed by atoms with Crippen molar-refractivity contribution in [2.24, 2.45) is 0 Å². The number of para-hydroxylation sites is 2. The van der Waals surface area contributed by atoms with E-state index in [1.165, 1.54) is 7.11 Å². The molecule has 3 rings (SSSR count). The van der Waals surface area contributed by atoms with Crippen LogP contribution in [-0.4, -0.2) is 30.0 Å². The summed E-state index contributed by atoms with van der Waals surface area (Å²) in [6.07, 6.45) is 0.327. The first-order valence-electron chi connectivity index (χ1n) is 8.19. The van der Waals surface area contributed by atoms with E-state index in [0.29, 0.717) is 27.4 Å². The summed E-state index contributed by atoms with van der Waals surface area (Å²) in [5, 5.41) is 12.9. The molecule has 0 radical (unpaired) electrons. The number of aromatic nitrogens is 1. The van der Waals surface area contributed by atoms with Gasteiger partial charge >= 0.3 is 5.97 Å². The van der Waals surface area contributed by atoms with Gasteiger partial charge in [-0.15, -0.1) is 0 Å². The number of nitrogens with one attached hydrogen (secondary N) is 1. The third-order valence-electron chi connectivity index (χ3n) is 4.15.